The van der Waals surface area contributed by atoms with Crippen molar-refractivity contribution in [1.82, 2.24) is 0 Å². The number of benzene rings is 1. The smallest absolute Gasteiger partial charge is 0.312 e. The van der Waals surface area contributed by atoms with Crippen molar-refractivity contribution in [1.29, 1.82) is 0 Å². The van der Waals surface area contributed by atoms with E-state index in [-0.39, 0.29) is 6.10 Å². The zero-order chi connectivity index (χ0) is 13.3. The van der Waals surface area contributed by atoms with Crippen LogP contribution in [0.3, 0.4) is 0 Å². The normalized spacial score (nSPS) is 27.4. The minimum Gasteiger partial charge on any atom is -0.481 e. The van der Waals surface area contributed by atoms with Gasteiger partial charge in [0.2, 0.25) is 0 Å². The third-order valence-corrected chi connectivity index (χ3v) is 4.19. The molecule has 2 atom stereocenters. The SMILES string of the molecule is Cc1ccc(CC2(C(=O)O)CCOC2C)c(Cl)c1. The maximum Gasteiger partial charge on any atom is 0.312 e. The van der Waals surface area contributed by atoms with Gasteiger partial charge in [0, 0.05) is 11.6 Å². The summed E-state index contributed by atoms with van der Waals surface area (Å²) < 4.78 is 5.44. The van der Waals surface area contributed by atoms with Gasteiger partial charge in [0.15, 0.2) is 0 Å². The van der Waals surface area contributed by atoms with Gasteiger partial charge in [0.05, 0.1) is 11.5 Å². The molecule has 0 saturated carbocycles. The molecule has 1 fully saturated rings. The van der Waals surface area contributed by atoms with E-state index in [2.05, 4.69) is 0 Å². The number of carboxylic acids is 1. The van der Waals surface area contributed by atoms with Crippen LogP contribution in [0.4, 0.5) is 0 Å². The Morgan fingerprint density at radius 3 is 2.83 bits per heavy atom. The van der Waals surface area contributed by atoms with Crippen molar-refractivity contribution < 1.29 is 14.6 Å². The van der Waals surface area contributed by atoms with E-state index >= 15 is 0 Å². The van der Waals surface area contributed by atoms with Gasteiger partial charge in [-0.3, -0.25) is 4.79 Å². The molecule has 0 aliphatic carbocycles. The molecule has 0 bridgehead atoms. The Labute approximate surface area is 112 Å². The van der Waals surface area contributed by atoms with Gasteiger partial charge in [-0.05, 0) is 43.9 Å². The van der Waals surface area contributed by atoms with Crippen molar-refractivity contribution in [3.05, 3.63) is 34.3 Å². The topological polar surface area (TPSA) is 46.5 Å². The molecule has 1 heterocycles. The van der Waals surface area contributed by atoms with Gasteiger partial charge in [0.1, 0.15) is 0 Å². The highest BCUT2D eigenvalue weighted by atomic mass is 35.5. The summed E-state index contributed by atoms with van der Waals surface area (Å²) in [6, 6.07) is 5.73. The predicted octanol–water partition coefficient (Wildman–Crippen LogP) is 3.07. The number of carbonyl (C=O) groups is 1. The van der Waals surface area contributed by atoms with Crippen LogP contribution in [-0.4, -0.2) is 23.8 Å². The Hall–Kier alpha value is -1.06. The van der Waals surface area contributed by atoms with Crippen molar-refractivity contribution >= 4 is 17.6 Å². The minimum atomic E-state index is -0.848. The third-order valence-electron chi connectivity index (χ3n) is 3.83. The Morgan fingerprint density at radius 1 is 1.61 bits per heavy atom. The maximum absolute atomic E-state index is 11.6. The maximum atomic E-state index is 11.6. The van der Waals surface area contributed by atoms with Crippen molar-refractivity contribution in [3.8, 4) is 0 Å². The Bertz CT molecular complexity index is 472. The Balaban J connectivity index is 2.32. The summed E-state index contributed by atoms with van der Waals surface area (Å²) in [6.45, 7) is 4.28. The lowest BCUT2D eigenvalue weighted by molar-refractivity contribution is -0.151. The molecule has 18 heavy (non-hydrogen) atoms. The number of hydrogen-bond donors (Lipinski definition) is 1. The summed E-state index contributed by atoms with van der Waals surface area (Å²) in [5.74, 6) is -0.802. The number of hydrogen-bond acceptors (Lipinski definition) is 2. The van der Waals surface area contributed by atoms with Crippen LogP contribution in [0.2, 0.25) is 5.02 Å². The fourth-order valence-electron chi connectivity index (χ4n) is 2.50. The average Bonchev–Trinajstić information content (AvgIpc) is 2.65. The van der Waals surface area contributed by atoms with E-state index in [0.717, 1.165) is 11.1 Å². The summed E-state index contributed by atoms with van der Waals surface area (Å²) in [5, 5.41) is 10.2. The summed E-state index contributed by atoms with van der Waals surface area (Å²) >= 11 is 6.19. The summed E-state index contributed by atoms with van der Waals surface area (Å²) in [7, 11) is 0. The molecule has 0 amide bonds. The van der Waals surface area contributed by atoms with Gasteiger partial charge in [-0.2, -0.15) is 0 Å². The largest absolute Gasteiger partial charge is 0.481 e. The quantitative estimate of drug-likeness (QED) is 0.916. The summed E-state index contributed by atoms with van der Waals surface area (Å²) in [4.78, 5) is 11.6. The molecule has 4 heteroatoms. The number of rotatable bonds is 3. The lowest BCUT2D eigenvalue weighted by atomic mass is 9.76. The molecule has 1 N–H and O–H groups in total. The second-order valence-electron chi connectivity index (χ2n) is 5.00. The fourth-order valence-corrected chi connectivity index (χ4v) is 2.81. The number of aryl methyl sites for hydroxylation is 1. The van der Waals surface area contributed by atoms with Gasteiger partial charge < -0.3 is 9.84 Å². The van der Waals surface area contributed by atoms with Gasteiger partial charge >= 0.3 is 5.97 Å². The highest BCUT2D eigenvalue weighted by Gasteiger charge is 2.48. The first kappa shape index (κ1) is 13.4. The molecule has 98 valence electrons. The molecule has 1 aliphatic heterocycles. The molecular formula is C14H17ClO3. The van der Waals surface area contributed by atoms with Crippen LogP contribution in [0.25, 0.3) is 0 Å². The first-order valence-corrected chi connectivity index (χ1v) is 6.43. The van der Waals surface area contributed by atoms with Crippen LogP contribution >= 0.6 is 11.6 Å². The molecule has 1 aromatic rings. The lowest BCUT2D eigenvalue weighted by Crippen LogP contribution is -2.39. The van der Waals surface area contributed by atoms with E-state index in [9.17, 15) is 9.90 Å². The van der Waals surface area contributed by atoms with Crippen molar-refractivity contribution in [2.24, 2.45) is 5.41 Å². The first-order chi connectivity index (χ1) is 8.45. The zero-order valence-electron chi connectivity index (χ0n) is 10.6. The van der Waals surface area contributed by atoms with E-state index in [0.29, 0.717) is 24.5 Å². The average molecular weight is 269 g/mol. The van der Waals surface area contributed by atoms with Crippen molar-refractivity contribution in [2.75, 3.05) is 6.61 Å². The number of carboxylic acid groups (broad SMARTS) is 1. The predicted molar refractivity (Wildman–Crippen MR) is 70.0 cm³/mol. The zero-order valence-corrected chi connectivity index (χ0v) is 11.3. The van der Waals surface area contributed by atoms with Gasteiger partial charge in [-0.1, -0.05) is 23.7 Å². The molecule has 0 radical (unpaired) electrons. The van der Waals surface area contributed by atoms with Crippen LogP contribution in [0.1, 0.15) is 24.5 Å². The molecule has 1 aromatic carbocycles. The van der Waals surface area contributed by atoms with E-state index < -0.39 is 11.4 Å². The third kappa shape index (κ3) is 2.25. The van der Waals surface area contributed by atoms with Crippen LogP contribution in [0.15, 0.2) is 18.2 Å². The van der Waals surface area contributed by atoms with E-state index in [4.69, 9.17) is 16.3 Å². The highest BCUT2D eigenvalue weighted by Crippen LogP contribution is 2.40. The molecule has 0 aromatic heterocycles. The molecular weight excluding hydrogens is 252 g/mol. The second-order valence-corrected chi connectivity index (χ2v) is 5.40. The minimum absolute atomic E-state index is 0.285. The highest BCUT2D eigenvalue weighted by molar-refractivity contribution is 6.31. The van der Waals surface area contributed by atoms with Crippen molar-refractivity contribution in [3.63, 3.8) is 0 Å². The van der Waals surface area contributed by atoms with Crippen molar-refractivity contribution in [2.45, 2.75) is 32.8 Å². The lowest BCUT2D eigenvalue weighted by Gasteiger charge is -2.27. The molecule has 2 rings (SSSR count). The Kier molecular flexibility index (Phi) is 3.64. The number of aliphatic carboxylic acids is 1. The molecule has 1 saturated heterocycles. The van der Waals surface area contributed by atoms with E-state index in [1.807, 2.05) is 32.0 Å². The number of ether oxygens (including phenoxy) is 1. The first-order valence-electron chi connectivity index (χ1n) is 6.06. The molecule has 3 nitrogen and oxygen atoms in total. The van der Waals surface area contributed by atoms with Gasteiger partial charge in [-0.25, -0.2) is 0 Å². The van der Waals surface area contributed by atoms with E-state index in [1.54, 1.807) is 0 Å². The monoisotopic (exact) mass is 268 g/mol. The van der Waals surface area contributed by atoms with Crippen LogP contribution in [-0.2, 0) is 16.0 Å². The van der Waals surface area contributed by atoms with Crippen LogP contribution < -0.4 is 0 Å². The standard InChI is InChI=1S/C14H17ClO3/c1-9-3-4-11(12(15)7-9)8-14(13(16)17)5-6-18-10(14)2/h3-4,7,10H,5-6,8H2,1-2H3,(H,16,17). The fraction of sp³-hybridized carbons (Fsp3) is 0.500. The van der Waals surface area contributed by atoms with Gasteiger partial charge in [0.25, 0.3) is 0 Å². The van der Waals surface area contributed by atoms with Crippen LogP contribution in [0.5, 0.6) is 0 Å². The summed E-state index contributed by atoms with van der Waals surface area (Å²) in [6.07, 6.45) is 0.670. The van der Waals surface area contributed by atoms with Crippen LogP contribution in [0, 0.1) is 12.3 Å². The molecule has 0 spiro atoms. The summed E-state index contributed by atoms with van der Waals surface area (Å²) in [5.41, 5.74) is 1.10. The van der Waals surface area contributed by atoms with E-state index in [1.165, 1.54) is 0 Å². The Morgan fingerprint density at radius 2 is 2.33 bits per heavy atom. The van der Waals surface area contributed by atoms with Gasteiger partial charge in [-0.15, -0.1) is 0 Å². The molecule has 2 unspecified atom stereocenters. The molecule has 1 aliphatic rings. The second kappa shape index (κ2) is 4.90. The number of halogens is 1.